The van der Waals surface area contributed by atoms with Gasteiger partial charge in [0, 0.05) is 19.1 Å². The van der Waals surface area contributed by atoms with Gasteiger partial charge in [0.15, 0.2) is 0 Å². The van der Waals surface area contributed by atoms with Gasteiger partial charge >= 0.3 is 0 Å². The van der Waals surface area contributed by atoms with Crippen molar-refractivity contribution in [3.8, 4) is 0 Å². The largest absolute Gasteiger partial charge is 0.328 e. The van der Waals surface area contributed by atoms with Gasteiger partial charge in [-0.1, -0.05) is 6.07 Å². The van der Waals surface area contributed by atoms with Crippen molar-refractivity contribution in [3.63, 3.8) is 0 Å². The van der Waals surface area contributed by atoms with Crippen molar-refractivity contribution in [2.45, 2.75) is 24.3 Å². The van der Waals surface area contributed by atoms with Gasteiger partial charge in [0.05, 0.1) is 11.7 Å². The van der Waals surface area contributed by atoms with Crippen LogP contribution in [-0.2, 0) is 10.0 Å². The molecule has 0 radical (unpaired) electrons. The molecule has 0 saturated carbocycles. The summed E-state index contributed by atoms with van der Waals surface area (Å²) < 4.78 is 35.2. The summed E-state index contributed by atoms with van der Waals surface area (Å²) in [5, 5.41) is 0. The van der Waals surface area contributed by atoms with E-state index in [1.54, 1.807) is 18.2 Å². The molecular formula is C12H16N4O2S2. The van der Waals surface area contributed by atoms with E-state index in [4.69, 9.17) is 5.73 Å². The molecule has 0 bridgehead atoms. The molecule has 1 aromatic heterocycles. The maximum absolute atomic E-state index is 12.7. The molecule has 6 nitrogen and oxygen atoms in total. The second kappa shape index (κ2) is 5.03. The van der Waals surface area contributed by atoms with E-state index in [9.17, 15) is 8.42 Å². The summed E-state index contributed by atoms with van der Waals surface area (Å²) in [6.07, 6.45) is 0.808. The van der Waals surface area contributed by atoms with Crippen molar-refractivity contribution in [3.05, 3.63) is 18.2 Å². The van der Waals surface area contributed by atoms with E-state index in [1.807, 2.05) is 6.92 Å². The van der Waals surface area contributed by atoms with Crippen LogP contribution in [0.4, 0.5) is 0 Å². The number of fused-ring (bicyclic) bond motifs is 1. The standard InChI is InChI=1S/C12H16N4O2S2/c1-8(13)9-5-6-16(7-9)20(17,18)11-4-2-3-10-12(11)15-19-14-10/h2-4,8-9H,5-7,13H2,1H3. The van der Waals surface area contributed by atoms with Crippen molar-refractivity contribution >= 4 is 32.8 Å². The van der Waals surface area contributed by atoms with E-state index in [0.717, 1.165) is 18.1 Å². The molecule has 108 valence electrons. The van der Waals surface area contributed by atoms with Crippen LogP contribution in [-0.4, -0.2) is 40.6 Å². The highest BCUT2D eigenvalue weighted by Gasteiger charge is 2.35. The number of nitrogens with two attached hydrogens (primary N) is 1. The Bertz CT molecular complexity index is 726. The molecule has 20 heavy (non-hydrogen) atoms. The van der Waals surface area contributed by atoms with Gasteiger partial charge in [0.2, 0.25) is 10.0 Å². The van der Waals surface area contributed by atoms with Crippen LogP contribution in [0.1, 0.15) is 13.3 Å². The Morgan fingerprint density at radius 1 is 1.45 bits per heavy atom. The summed E-state index contributed by atoms with van der Waals surface area (Å²) in [7, 11) is -3.52. The first-order valence-electron chi connectivity index (χ1n) is 6.47. The molecule has 0 spiro atoms. The average Bonchev–Trinajstić information content (AvgIpc) is 3.07. The third-order valence-electron chi connectivity index (χ3n) is 3.80. The van der Waals surface area contributed by atoms with Crippen LogP contribution < -0.4 is 5.73 Å². The molecule has 2 N–H and O–H groups in total. The van der Waals surface area contributed by atoms with Crippen LogP contribution in [0, 0.1) is 5.92 Å². The van der Waals surface area contributed by atoms with Gasteiger partial charge < -0.3 is 5.73 Å². The molecule has 0 aliphatic carbocycles. The Balaban J connectivity index is 1.99. The first kappa shape index (κ1) is 13.9. The molecule has 0 amide bonds. The van der Waals surface area contributed by atoms with Gasteiger partial charge in [-0.25, -0.2) is 8.42 Å². The van der Waals surface area contributed by atoms with E-state index in [0.29, 0.717) is 24.1 Å². The van der Waals surface area contributed by atoms with Crippen LogP contribution in [0.3, 0.4) is 0 Å². The third kappa shape index (κ3) is 2.22. The normalized spacial score (nSPS) is 22.4. The van der Waals surface area contributed by atoms with E-state index in [2.05, 4.69) is 8.75 Å². The molecular weight excluding hydrogens is 296 g/mol. The van der Waals surface area contributed by atoms with Gasteiger partial charge in [-0.15, -0.1) is 0 Å². The Kier molecular flexibility index (Phi) is 3.49. The van der Waals surface area contributed by atoms with Gasteiger partial charge in [0.25, 0.3) is 0 Å². The van der Waals surface area contributed by atoms with Crippen molar-refractivity contribution < 1.29 is 8.42 Å². The Morgan fingerprint density at radius 3 is 2.95 bits per heavy atom. The first-order valence-corrected chi connectivity index (χ1v) is 8.64. The highest BCUT2D eigenvalue weighted by Crippen LogP contribution is 2.29. The lowest BCUT2D eigenvalue weighted by molar-refractivity contribution is 0.429. The zero-order valence-electron chi connectivity index (χ0n) is 11.1. The van der Waals surface area contributed by atoms with Gasteiger partial charge in [0.1, 0.15) is 15.9 Å². The predicted molar refractivity (Wildman–Crippen MR) is 77.9 cm³/mol. The number of hydrogen-bond acceptors (Lipinski definition) is 6. The minimum absolute atomic E-state index is 0.00642. The van der Waals surface area contributed by atoms with Crippen LogP contribution in [0.5, 0.6) is 0 Å². The summed E-state index contributed by atoms with van der Waals surface area (Å²) >= 11 is 1.03. The van der Waals surface area contributed by atoms with E-state index < -0.39 is 10.0 Å². The summed E-state index contributed by atoms with van der Waals surface area (Å²) in [4.78, 5) is 0.245. The molecule has 2 unspecified atom stereocenters. The fourth-order valence-corrected chi connectivity index (χ4v) is 4.79. The number of aromatic nitrogens is 2. The first-order chi connectivity index (χ1) is 9.50. The van der Waals surface area contributed by atoms with Crippen LogP contribution in [0.15, 0.2) is 23.1 Å². The van der Waals surface area contributed by atoms with Crippen molar-refractivity contribution in [1.29, 1.82) is 0 Å². The molecule has 1 fully saturated rings. The Hall–Kier alpha value is -1.09. The van der Waals surface area contributed by atoms with Crippen molar-refractivity contribution in [2.75, 3.05) is 13.1 Å². The highest BCUT2D eigenvalue weighted by molar-refractivity contribution is 7.89. The molecule has 1 saturated heterocycles. The average molecular weight is 312 g/mol. The second-order valence-corrected chi connectivity index (χ2v) is 7.59. The minimum Gasteiger partial charge on any atom is -0.328 e. The Morgan fingerprint density at radius 2 is 2.25 bits per heavy atom. The van der Waals surface area contributed by atoms with E-state index in [1.165, 1.54) is 4.31 Å². The summed E-state index contributed by atoms with van der Waals surface area (Å²) in [5.41, 5.74) is 6.96. The lowest BCUT2D eigenvalue weighted by atomic mass is 10.0. The SMILES string of the molecule is CC(N)C1CCN(S(=O)(=O)c2cccc3nsnc23)C1. The van der Waals surface area contributed by atoms with Gasteiger partial charge in [-0.3, -0.25) is 0 Å². The molecule has 2 aromatic rings. The maximum atomic E-state index is 12.7. The third-order valence-corrected chi connectivity index (χ3v) is 6.24. The fraction of sp³-hybridized carbons (Fsp3) is 0.500. The monoisotopic (exact) mass is 312 g/mol. The molecule has 1 aromatic carbocycles. The smallest absolute Gasteiger partial charge is 0.245 e. The number of rotatable bonds is 3. The summed E-state index contributed by atoms with van der Waals surface area (Å²) in [5.74, 6) is 0.220. The summed E-state index contributed by atoms with van der Waals surface area (Å²) in [6, 6.07) is 5.08. The predicted octanol–water partition coefficient (Wildman–Crippen LogP) is 1.05. The highest BCUT2D eigenvalue weighted by atomic mass is 32.2. The molecule has 2 atom stereocenters. The topological polar surface area (TPSA) is 89.2 Å². The fourth-order valence-electron chi connectivity index (χ4n) is 2.53. The van der Waals surface area contributed by atoms with Crippen LogP contribution >= 0.6 is 11.7 Å². The van der Waals surface area contributed by atoms with Crippen molar-refractivity contribution in [2.24, 2.45) is 11.7 Å². The van der Waals surface area contributed by atoms with E-state index >= 15 is 0 Å². The maximum Gasteiger partial charge on any atom is 0.245 e. The molecule has 3 rings (SSSR count). The zero-order chi connectivity index (χ0) is 14.3. The van der Waals surface area contributed by atoms with Crippen LogP contribution in [0.2, 0.25) is 0 Å². The molecule has 1 aliphatic rings. The number of nitrogens with zero attached hydrogens (tertiary/aromatic N) is 3. The number of hydrogen-bond donors (Lipinski definition) is 1. The molecule has 1 aliphatic heterocycles. The molecule has 8 heteroatoms. The Labute approximate surface area is 122 Å². The number of sulfonamides is 1. The lowest BCUT2D eigenvalue weighted by Crippen LogP contribution is -2.33. The number of benzene rings is 1. The van der Waals surface area contributed by atoms with Crippen molar-refractivity contribution in [1.82, 2.24) is 13.1 Å². The van der Waals surface area contributed by atoms with Gasteiger partial charge in [-0.05, 0) is 31.4 Å². The quantitative estimate of drug-likeness (QED) is 0.915. The van der Waals surface area contributed by atoms with Crippen LogP contribution in [0.25, 0.3) is 11.0 Å². The second-order valence-electron chi connectivity index (χ2n) is 5.16. The van der Waals surface area contributed by atoms with Gasteiger partial charge in [-0.2, -0.15) is 13.1 Å². The summed E-state index contributed by atoms with van der Waals surface area (Å²) in [6.45, 7) is 2.92. The molecule has 2 heterocycles. The lowest BCUT2D eigenvalue weighted by Gasteiger charge is -2.18. The zero-order valence-corrected chi connectivity index (χ0v) is 12.7. The van der Waals surface area contributed by atoms with E-state index in [-0.39, 0.29) is 16.9 Å². The minimum atomic E-state index is -3.52.